The van der Waals surface area contributed by atoms with Crippen LogP contribution in [0, 0.1) is 17.8 Å². The summed E-state index contributed by atoms with van der Waals surface area (Å²) in [6.45, 7) is 0. The van der Waals surface area contributed by atoms with Crippen molar-refractivity contribution in [3.63, 3.8) is 0 Å². The smallest absolute Gasteiger partial charge is 0.226 e. The molecule has 0 aliphatic heterocycles. The molecule has 1 aromatic carbocycles. The van der Waals surface area contributed by atoms with E-state index in [9.17, 15) is 4.79 Å². The van der Waals surface area contributed by atoms with Gasteiger partial charge in [0.25, 0.3) is 0 Å². The highest BCUT2D eigenvalue weighted by molar-refractivity contribution is 7.22. The molecule has 4 rings (SSSR count). The van der Waals surface area contributed by atoms with Crippen molar-refractivity contribution < 1.29 is 4.79 Å². The molecule has 2 aliphatic carbocycles. The number of hydrogen-bond donors (Lipinski definition) is 1. The molecule has 3 atom stereocenters. The Morgan fingerprint density at radius 3 is 3.05 bits per heavy atom. The lowest BCUT2D eigenvalue weighted by atomic mass is 9.86. The van der Waals surface area contributed by atoms with Crippen LogP contribution in [0.3, 0.4) is 0 Å². The second-order valence-electron chi connectivity index (χ2n) is 6.32. The number of carbonyl (C=O) groups excluding carboxylic acids is 1. The Hall–Kier alpha value is -1.13. The molecular weight excluding hydrogens is 304 g/mol. The minimum atomic E-state index is 0.109. The lowest BCUT2D eigenvalue weighted by Crippen LogP contribution is -2.20. The highest BCUT2D eigenvalue weighted by Gasteiger charge is 2.40. The van der Waals surface area contributed by atoms with Crippen LogP contribution in [0.2, 0.25) is 5.02 Å². The monoisotopic (exact) mass is 320 g/mol. The molecule has 1 N–H and O–H groups in total. The van der Waals surface area contributed by atoms with E-state index < -0.39 is 0 Å². The molecular formula is C16H17ClN2OS. The summed E-state index contributed by atoms with van der Waals surface area (Å²) in [4.78, 5) is 16.7. The van der Waals surface area contributed by atoms with E-state index in [0.717, 1.165) is 22.1 Å². The zero-order chi connectivity index (χ0) is 14.4. The number of carbonyl (C=O) groups is 1. The highest BCUT2D eigenvalue weighted by atomic mass is 35.5. The van der Waals surface area contributed by atoms with Crippen LogP contribution >= 0.6 is 22.9 Å². The summed E-state index contributed by atoms with van der Waals surface area (Å²) in [5.74, 6) is 2.37. The molecule has 2 aromatic rings. The number of amides is 1. The molecule has 0 radical (unpaired) electrons. The fraction of sp³-hybridized carbons (Fsp3) is 0.500. The maximum Gasteiger partial charge on any atom is 0.226 e. The Morgan fingerprint density at radius 2 is 2.29 bits per heavy atom. The van der Waals surface area contributed by atoms with Crippen LogP contribution in [-0.2, 0) is 4.79 Å². The number of rotatable bonds is 3. The van der Waals surface area contributed by atoms with Gasteiger partial charge in [0.15, 0.2) is 5.13 Å². The van der Waals surface area contributed by atoms with Gasteiger partial charge in [0, 0.05) is 11.4 Å². The minimum Gasteiger partial charge on any atom is -0.302 e. The normalized spacial score (nSPS) is 27.4. The van der Waals surface area contributed by atoms with Crippen LogP contribution in [0.4, 0.5) is 5.13 Å². The lowest BCUT2D eigenvalue weighted by molar-refractivity contribution is -0.117. The van der Waals surface area contributed by atoms with Gasteiger partial charge in [-0.2, -0.15) is 0 Å². The van der Waals surface area contributed by atoms with Crippen molar-refractivity contribution in [2.45, 2.75) is 32.1 Å². The Kier molecular flexibility index (Phi) is 3.38. The van der Waals surface area contributed by atoms with Crippen molar-refractivity contribution in [2.24, 2.45) is 17.8 Å². The van der Waals surface area contributed by atoms with Crippen molar-refractivity contribution in [2.75, 3.05) is 5.32 Å². The molecule has 1 amide bonds. The van der Waals surface area contributed by atoms with E-state index in [-0.39, 0.29) is 5.91 Å². The van der Waals surface area contributed by atoms with Gasteiger partial charge in [0.05, 0.1) is 10.2 Å². The second kappa shape index (κ2) is 5.25. The number of nitrogens with one attached hydrogen (secondary N) is 1. The van der Waals surface area contributed by atoms with E-state index in [1.807, 2.05) is 18.2 Å². The summed E-state index contributed by atoms with van der Waals surface area (Å²) in [5.41, 5.74) is 0.889. The molecule has 3 nitrogen and oxygen atoms in total. The molecule has 5 heteroatoms. The van der Waals surface area contributed by atoms with Gasteiger partial charge >= 0.3 is 0 Å². The Balaban J connectivity index is 1.43. The molecule has 0 spiro atoms. The van der Waals surface area contributed by atoms with E-state index >= 15 is 0 Å². The van der Waals surface area contributed by atoms with Crippen molar-refractivity contribution in [1.29, 1.82) is 0 Å². The minimum absolute atomic E-state index is 0.109. The van der Waals surface area contributed by atoms with Gasteiger partial charge in [0.2, 0.25) is 5.91 Å². The van der Waals surface area contributed by atoms with Crippen molar-refractivity contribution in [3.8, 4) is 0 Å². The number of thiazole rings is 1. The second-order valence-corrected chi connectivity index (χ2v) is 7.79. The lowest BCUT2D eigenvalue weighted by Gasteiger charge is -2.20. The van der Waals surface area contributed by atoms with Gasteiger partial charge < -0.3 is 5.32 Å². The van der Waals surface area contributed by atoms with Crippen molar-refractivity contribution >= 4 is 44.2 Å². The third-order valence-corrected chi connectivity index (χ3v) is 6.10. The van der Waals surface area contributed by atoms with Crippen LogP contribution in [0.5, 0.6) is 0 Å². The maximum absolute atomic E-state index is 12.2. The van der Waals surface area contributed by atoms with E-state index in [4.69, 9.17) is 11.6 Å². The topological polar surface area (TPSA) is 42.0 Å². The highest BCUT2D eigenvalue weighted by Crippen LogP contribution is 2.49. The molecule has 2 saturated carbocycles. The number of anilines is 1. The van der Waals surface area contributed by atoms with Crippen LogP contribution in [0.1, 0.15) is 32.1 Å². The van der Waals surface area contributed by atoms with E-state index in [1.54, 1.807) is 0 Å². The fourth-order valence-corrected chi connectivity index (χ4v) is 5.14. The molecule has 1 aromatic heterocycles. The summed E-state index contributed by atoms with van der Waals surface area (Å²) < 4.78 is 1.01. The first-order valence-corrected chi connectivity index (χ1v) is 8.73. The molecule has 21 heavy (non-hydrogen) atoms. The number of nitrogens with zero attached hydrogens (tertiary/aromatic N) is 1. The molecule has 0 saturated heterocycles. The molecule has 2 bridgehead atoms. The van der Waals surface area contributed by atoms with Crippen LogP contribution in [0.25, 0.3) is 10.2 Å². The average Bonchev–Trinajstić information content (AvgIpc) is 3.12. The summed E-state index contributed by atoms with van der Waals surface area (Å²) >= 11 is 7.46. The standard InChI is InChI=1S/C16H17ClN2OS/c17-12-3-4-13-14(8-12)21-16(18-13)19-15(20)7-11-6-9-1-2-10(11)5-9/h3-4,8-11H,1-2,5-7H2,(H,18,19,20)/t9-,10+,11-/m0/s1. The summed E-state index contributed by atoms with van der Waals surface area (Å²) in [5, 5.41) is 4.34. The van der Waals surface area contributed by atoms with E-state index in [2.05, 4.69) is 10.3 Å². The Bertz CT molecular complexity index is 699. The fourth-order valence-electron chi connectivity index (χ4n) is 3.99. The summed E-state index contributed by atoms with van der Waals surface area (Å²) in [6, 6.07) is 5.60. The zero-order valence-corrected chi connectivity index (χ0v) is 13.2. The van der Waals surface area contributed by atoms with Gasteiger partial charge in [-0.1, -0.05) is 29.4 Å². The first-order valence-electron chi connectivity index (χ1n) is 7.53. The molecule has 0 unspecified atom stereocenters. The van der Waals surface area contributed by atoms with Crippen LogP contribution < -0.4 is 5.32 Å². The molecule has 2 aliphatic rings. The quantitative estimate of drug-likeness (QED) is 0.889. The molecule has 1 heterocycles. The van der Waals surface area contributed by atoms with Gasteiger partial charge in [0.1, 0.15) is 0 Å². The van der Waals surface area contributed by atoms with Crippen LogP contribution in [-0.4, -0.2) is 10.9 Å². The van der Waals surface area contributed by atoms with E-state index in [0.29, 0.717) is 22.5 Å². The Labute approximate surface area is 132 Å². The van der Waals surface area contributed by atoms with Gasteiger partial charge in [-0.05, 0) is 55.2 Å². The number of halogens is 1. The molecule has 110 valence electrons. The first-order chi connectivity index (χ1) is 10.2. The number of fused-ring (bicyclic) bond motifs is 3. The predicted octanol–water partition coefficient (Wildman–Crippen LogP) is 4.71. The largest absolute Gasteiger partial charge is 0.302 e. The van der Waals surface area contributed by atoms with Gasteiger partial charge in [-0.3, -0.25) is 4.79 Å². The maximum atomic E-state index is 12.2. The third-order valence-electron chi connectivity index (χ3n) is 4.93. The molecule has 2 fully saturated rings. The summed E-state index contributed by atoms with van der Waals surface area (Å²) in [6.07, 6.45) is 5.94. The number of aromatic nitrogens is 1. The van der Waals surface area contributed by atoms with E-state index in [1.165, 1.54) is 37.0 Å². The Morgan fingerprint density at radius 1 is 1.38 bits per heavy atom. The SMILES string of the molecule is O=C(C[C@@H]1C[C@H]2CC[C@@H]1C2)Nc1nc2ccc(Cl)cc2s1. The van der Waals surface area contributed by atoms with Gasteiger partial charge in [-0.15, -0.1) is 0 Å². The average molecular weight is 321 g/mol. The van der Waals surface area contributed by atoms with Gasteiger partial charge in [-0.25, -0.2) is 4.98 Å². The predicted molar refractivity (Wildman–Crippen MR) is 86.8 cm³/mol. The van der Waals surface area contributed by atoms with Crippen molar-refractivity contribution in [1.82, 2.24) is 4.98 Å². The number of hydrogen-bond acceptors (Lipinski definition) is 3. The summed E-state index contributed by atoms with van der Waals surface area (Å²) in [7, 11) is 0. The number of benzene rings is 1. The van der Waals surface area contributed by atoms with Crippen molar-refractivity contribution in [3.05, 3.63) is 23.2 Å². The third kappa shape index (κ3) is 2.67. The first kappa shape index (κ1) is 13.5. The van der Waals surface area contributed by atoms with Crippen LogP contribution in [0.15, 0.2) is 18.2 Å². The zero-order valence-electron chi connectivity index (χ0n) is 11.6.